The molecule has 0 bridgehead atoms. The summed E-state index contributed by atoms with van der Waals surface area (Å²) in [6.07, 6.45) is 7.80. The molecule has 0 radical (unpaired) electrons. The molecule has 1 unspecified atom stereocenters. The third-order valence-corrected chi connectivity index (χ3v) is 6.45. The molecule has 1 atom stereocenters. The number of anilines is 1. The third-order valence-electron chi connectivity index (χ3n) is 6.45. The van der Waals surface area contributed by atoms with Crippen LogP contribution in [0.1, 0.15) is 11.8 Å². The highest BCUT2D eigenvalue weighted by Crippen LogP contribution is 2.31. The Morgan fingerprint density at radius 2 is 1.69 bits per heavy atom. The number of imidazole rings is 1. The van der Waals surface area contributed by atoms with Gasteiger partial charge < -0.3 is 15.4 Å². The molecule has 0 fully saturated rings. The second-order valence-electron chi connectivity index (χ2n) is 8.97. The number of aromatic amines is 2. The van der Waals surface area contributed by atoms with E-state index in [1.807, 2.05) is 66.7 Å². The normalized spacial score (nSPS) is 12.1. The minimum absolute atomic E-state index is 0.569. The first-order chi connectivity index (χ1) is 19.2. The zero-order chi connectivity index (χ0) is 26.2. The minimum Gasteiger partial charge on any atom is -0.369 e. The predicted octanol–water partition coefficient (Wildman–Crippen LogP) is 5.12. The standard InChI is InChI=1S/C29H21N9O/c39-29(17-6-2-1-3-7-17)34-20-12-18(14-30-16-20)19-13-21-24(37-38-27(21)33-15-19)28-35-23-9-11-32-25(26(23)36-28)22-8-4-5-10-31-22/h1-16,29,34,39H,(H,35,36)(H,33,37,38). The van der Waals surface area contributed by atoms with Crippen molar-refractivity contribution in [2.45, 2.75) is 6.23 Å². The number of nitrogens with one attached hydrogen (secondary N) is 3. The number of pyridine rings is 4. The van der Waals surface area contributed by atoms with Crippen LogP contribution in [0.5, 0.6) is 0 Å². The molecule has 6 heterocycles. The van der Waals surface area contributed by atoms with Gasteiger partial charge in [-0.1, -0.05) is 36.4 Å². The zero-order valence-corrected chi connectivity index (χ0v) is 20.4. The van der Waals surface area contributed by atoms with Crippen LogP contribution in [0.4, 0.5) is 5.69 Å². The monoisotopic (exact) mass is 511 g/mol. The van der Waals surface area contributed by atoms with E-state index in [-0.39, 0.29) is 0 Å². The largest absolute Gasteiger partial charge is 0.369 e. The molecular formula is C29H21N9O. The molecule has 10 nitrogen and oxygen atoms in total. The maximum Gasteiger partial charge on any atom is 0.181 e. The number of hydrogen-bond donors (Lipinski definition) is 4. The number of aliphatic hydroxyl groups is 1. The molecule has 0 aliphatic carbocycles. The number of aromatic nitrogens is 8. The van der Waals surface area contributed by atoms with Crippen LogP contribution in [0.2, 0.25) is 0 Å². The molecule has 0 amide bonds. The number of aliphatic hydroxyl groups excluding tert-OH is 1. The number of nitrogens with zero attached hydrogens (tertiary/aromatic N) is 6. The lowest BCUT2D eigenvalue weighted by atomic mass is 10.1. The molecule has 39 heavy (non-hydrogen) atoms. The molecule has 7 rings (SSSR count). The van der Waals surface area contributed by atoms with Gasteiger partial charge in [-0.25, -0.2) is 9.97 Å². The number of benzene rings is 1. The van der Waals surface area contributed by atoms with Gasteiger partial charge in [-0.15, -0.1) is 0 Å². The lowest BCUT2D eigenvalue weighted by molar-refractivity contribution is 0.208. The third kappa shape index (κ3) is 4.24. The van der Waals surface area contributed by atoms with Crippen LogP contribution in [0.3, 0.4) is 0 Å². The van der Waals surface area contributed by atoms with Gasteiger partial charge in [0.05, 0.1) is 28.5 Å². The summed E-state index contributed by atoms with van der Waals surface area (Å²) in [5.41, 5.74) is 7.43. The Balaban J connectivity index is 1.25. The number of hydrogen-bond acceptors (Lipinski definition) is 8. The molecule has 0 aliphatic heterocycles. The van der Waals surface area contributed by atoms with E-state index in [4.69, 9.17) is 4.98 Å². The molecule has 0 aliphatic rings. The summed E-state index contributed by atoms with van der Waals surface area (Å²) in [6.45, 7) is 0. The summed E-state index contributed by atoms with van der Waals surface area (Å²) in [6, 6.07) is 20.9. The van der Waals surface area contributed by atoms with Crippen LogP contribution < -0.4 is 5.32 Å². The number of H-pyrrole nitrogens is 2. The first-order valence-electron chi connectivity index (χ1n) is 12.3. The first-order valence-corrected chi connectivity index (χ1v) is 12.3. The van der Waals surface area contributed by atoms with Gasteiger partial charge in [0.25, 0.3) is 0 Å². The lowest BCUT2D eigenvalue weighted by Crippen LogP contribution is -2.09. The van der Waals surface area contributed by atoms with Crippen molar-refractivity contribution in [3.05, 3.63) is 103 Å². The molecule has 0 saturated heterocycles. The minimum atomic E-state index is -0.858. The highest BCUT2D eigenvalue weighted by atomic mass is 16.3. The average molecular weight is 512 g/mol. The van der Waals surface area contributed by atoms with E-state index in [1.54, 1.807) is 31.0 Å². The van der Waals surface area contributed by atoms with E-state index in [1.165, 1.54) is 0 Å². The SMILES string of the molecule is OC(Nc1cncc(-c2cnc3n[nH]c(-c4nc5c(-c6ccccn6)nccc5[nH]4)c3c2)c1)c1ccccc1. The van der Waals surface area contributed by atoms with Crippen LogP contribution in [-0.2, 0) is 0 Å². The Morgan fingerprint density at radius 1 is 0.821 bits per heavy atom. The summed E-state index contributed by atoms with van der Waals surface area (Å²) in [5, 5.41) is 22.0. The Bertz CT molecular complexity index is 1920. The fourth-order valence-electron chi connectivity index (χ4n) is 4.54. The molecule has 10 heteroatoms. The van der Waals surface area contributed by atoms with Crippen LogP contribution in [0, 0.1) is 0 Å². The molecule has 188 valence electrons. The summed E-state index contributed by atoms with van der Waals surface area (Å²) in [7, 11) is 0. The van der Waals surface area contributed by atoms with Crippen molar-refractivity contribution in [2.24, 2.45) is 0 Å². The van der Waals surface area contributed by atoms with Gasteiger partial charge in [-0.3, -0.25) is 20.1 Å². The Labute approximate surface area is 221 Å². The first kappa shape index (κ1) is 22.7. The van der Waals surface area contributed by atoms with Gasteiger partial charge in [0.15, 0.2) is 17.7 Å². The number of rotatable bonds is 6. The van der Waals surface area contributed by atoms with Crippen molar-refractivity contribution in [2.75, 3.05) is 5.32 Å². The smallest absolute Gasteiger partial charge is 0.181 e. The van der Waals surface area contributed by atoms with Gasteiger partial charge in [0, 0.05) is 41.5 Å². The summed E-state index contributed by atoms with van der Waals surface area (Å²) in [5.74, 6) is 0.621. The maximum atomic E-state index is 10.6. The van der Waals surface area contributed by atoms with E-state index in [0.717, 1.165) is 38.8 Å². The molecule has 7 aromatic rings. The molecule has 0 saturated carbocycles. The molecule has 1 aromatic carbocycles. The van der Waals surface area contributed by atoms with Gasteiger partial charge in [0.2, 0.25) is 0 Å². The average Bonchev–Trinajstić information content (AvgIpc) is 3.62. The summed E-state index contributed by atoms with van der Waals surface area (Å²) < 4.78 is 0. The Hall–Kier alpha value is -5.48. The van der Waals surface area contributed by atoms with Gasteiger partial charge in [-0.2, -0.15) is 5.10 Å². The second-order valence-corrected chi connectivity index (χ2v) is 8.97. The second kappa shape index (κ2) is 9.43. The van der Waals surface area contributed by atoms with E-state index in [2.05, 4.69) is 40.4 Å². The van der Waals surface area contributed by atoms with Crippen molar-refractivity contribution in [3.8, 4) is 34.0 Å². The topological polar surface area (TPSA) is 141 Å². The van der Waals surface area contributed by atoms with Crippen LogP contribution >= 0.6 is 0 Å². The fourth-order valence-corrected chi connectivity index (χ4v) is 4.54. The highest BCUT2D eigenvalue weighted by Gasteiger charge is 2.17. The van der Waals surface area contributed by atoms with Gasteiger partial charge >= 0.3 is 0 Å². The van der Waals surface area contributed by atoms with Crippen LogP contribution in [0.25, 0.3) is 56.1 Å². The van der Waals surface area contributed by atoms with Crippen molar-refractivity contribution < 1.29 is 5.11 Å². The van der Waals surface area contributed by atoms with Crippen molar-refractivity contribution >= 4 is 27.8 Å². The van der Waals surface area contributed by atoms with Gasteiger partial charge in [-0.05, 0) is 30.3 Å². The van der Waals surface area contributed by atoms with E-state index in [9.17, 15) is 5.11 Å². The molecule has 0 spiro atoms. The van der Waals surface area contributed by atoms with E-state index >= 15 is 0 Å². The quantitative estimate of drug-likeness (QED) is 0.225. The lowest BCUT2D eigenvalue weighted by Gasteiger charge is -2.15. The summed E-state index contributed by atoms with van der Waals surface area (Å²) >= 11 is 0. The van der Waals surface area contributed by atoms with Gasteiger partial charge in [0.1, 0.15) is 16.9 Å². The van der Waals surface area contributed by atoms with Crippen molar-refractivity contribution in [1.29, 1.82) is 0 Å². The Morgan fingerprint density at radius 3 is 2.56 bits per heavy atom. The Kier molecular flexibility index (Phi) is 5.49. The maximum absolute atomic E-state index is 10.6. The predicted molar refractivity (Wildman–Crippen MR) is 148 cm³/mol. The van der Waals surface area contributed by atoms with Crippen molar-refractivity contribution in [3.63, 3.8) is 0 Å². The van der Waals surface area contributed by atoms with Crippen LogP contribution in [0.15, 0.2) is 97.7 Å². The summed E-state index contributed by atoms with van der Waals surface area (Å²) in [4.78, 5) is 26.1. The van der Waals surface area contributed by atoms with E-state index < -0.39 is 6.23 Å². The molecule has 6 aromatic heterocycles. The van der Waals surface area contributed by atoms with E-state index in [0.29, 0.717) is 28.5 Å². The number of fused-ring (bicyclic) bond motifs is 2. The molecule has 4 N–H and O–H groups in total. The zero-order valence-electron chi connectivity index (χ0n) is 20.4. The highest BCUT2D eigenvalue weighted by molar-refractivity contribution is 5.95. The van der Waals surface area contributed by atoms with Crippen molar-refractivity contribution in [1.82, 2.24) is 40.1 Å². The molecular weight excluding hydrogens is 490 g/mol. The van der Waals surface area contributed by atoms with Crippen LogP contribution in [-0.4, -0.2) is 45.2 Å². The fraction of sp³-hybridized carbons (Fsp3) is 0.0345.